The zero-order valence-electron chi connectivity index (χ0n) is 11.4. The van der Waals surface area contributed by atoms with Crippen LogP contribution >= 0.6 is 0 Å². The van der Waals surface area contributed by atoms with Crippen LogP contribution in [0.5, 0.6) is 0 Å². The van der Waals surface area contributed by atoms with Gasteiger partial charge < -0.3 is 0 Å². The summed E-state index contributed by atoms with van der Waals surface area (Å²) in [5.41, 5.74) is 2.34. The van der Waals surface area contributed by atoms with Crippen molar-refractivity contribution in [2.24, 2.45) is 5.92 Å². The number of alkyl halides is 1. The van der Waals surface area contributed by atoms with Crippen molar-refractivity contribution in [3.05, 3.63) is 29.3 Å². The zero-order valence-corrected chi connectivity index (χ0v) is 11.4. The molecule has 1 saturated carbocycles. The predicted molar refractivity (Wildman–Crippen MR) is 70.3 cm³/mol. The van der Waals surface area contributed by atoms with Crippen LogP contribution < -0.4 is 0 Å². The van der Waals surface area contributed by atoms with Crippen molar-refractivity contribution in [1.29, 1.82) is 0 Å². The second-order valence-electron chi connectivity index (χ2n) is 5.65. The van der Waals surface area contributed by atoms with Gasteiger partial charge in [-0.2, -0.15) is 4.80 Å². The van der Waals surface area contributed by atoms with Gasteiger partial charge in [-0.15, -0.1) is 10.2 Å². The molecule has 1 heterocycles. The molecule has 0 amide bonds. The molecule has 3 rings (SSSR count). The number of rotatable bonds is 3. The van der Waals surface area contributed by atoms with E-state index in [1.54, 1.807) is 6.92 Å². The molecule has 1 aromatic carbocycles. The van der Waals surface area contributed by atoms with Gasteiger partial charge in [0.2, 0.25) is 5.82 Å². The van der Waals surface area contributed by atoms with Gasteiger partial charge in [0.15, 0.2) is 0 Å². The Bertz CT molecular complexity index is 618. The number of hydrogen-bond donors (Lipinski definition) is 0. The van der Waals surface area contributed by atoms with Gasteiger partial charge in [-0.3, -0.25) is 0 Å². The summed E-state index contributed by atoms with van der Waals surface area (Å²) in [5.74, 6) is 0.624. The summed E-state index contributed by atoms with van der Waals surface area (Å²) < 4.78 is 13.5. The largest absolute Gasteiger partial charge is 0.244 e. The SMILES string of the molecule is Cc1ccc(-c2nnn(CC3CC3(C)F)n2)cc1C. The Hall–Kier alpha value is -1.78. The molecule has 19 heavy (non-hydrogen) atoms. The fourth-order valence-corrected chi connectivity index (χ4v) is 2.19. The molecule has 2 aromatic rings. The number of aryl methyl sites for hydroxylation is 2. The van der Waals surface area contributed by atoms with Gasteiger partial charge in [0, 0.05) is 11.5 Å². The minimum absolute atomic E-state index is 0.0225. The predicted octanol–water partition coefficient (Wildman–Crippen LogP) is 2.71. The highest BCUT2D eigenvalue weighted by atomic mass is 19.1. The molecule has 0 radical (unpaired) electrons. The van der Waals surface area contributed by atoms with E-state index in [1.807, 2.05) is 18.2 Å². The average molecular weight is 260 g/mol. The third-order valence-electron chi connectivity index (χ3n) is 3.94. The molecular weight excluding hydrogens is 243 g/mol. The summed E-state index contributed by atoms with van der Waals surface area (Å²) in [5, 5.41) is 12.4. The van der Waals surface area contributed by atoms with Crippen molar-refractivity contribution in [3.63, 3.8) is 0 Å². The van der Waals surface area contributed by atoms with Crippen LogP contribution in [0.1, 0.15) is 24.5 Å². The van der Waals surface area contributed by atoms with Crippen molar-refractivity contribution in [1.82, 2.24) is 20.2 Å². The standard InChI is InChI=1S/C14H17FN4/c1-9-4-5-11(6-10(9)2)13-16-18-19(17-13)8-12-7-14(12,3)15/h4-6,12H,7-8H2,1-3H3. The summed E-state index contributed by atoms with van der Waals surface area (Å²) >= 11 is 0. The van der Waals surface area contributed by atoms with E-state index in [9.17, 15) is 4.39 Å². The van der Waals surface area contributed by atoms with Crippen LogP contribution in [0.25, 0.3) is 11.4 Å². The minimum Gasteiger partial charge on any atom is -0.244 e. The van der Waals surface area contributed by atoms with Crippen LogP contribution in [-0.2, 0) is 6.54 Å². The molecule has 2 unspecified atom stereocenters. The molecule has 2 atom stereocenters. The molecule has 0 bridgehead atoms. The third-order valence-corrected chi connectivity index (χ3v) is 3.94. The normalized spacial score (nSPS) is 25.6. The van der Waals surface area contributed by atoms with Crippen molar-refractivity contribution in [2.75, 3.05) is 0 Å². The third kappa shape index (κ3) is 2.37. The Morgan fingerprint density at radius 3 is 2.74 bits per heavy atom. The maximum atomic E-state index is 13.5. The molecule has 4 nitrogen and oxygen atoms in total. The summed E-state index contributed by atoms with van der Waals surface area (Å²) in [7, 11) is 0. The van der Waals surface area contributed by atoms with Crippen molar-refractivity contribution >= 4 is 0 Å². The van der Waals surface area contributed by atoms with Crippen LogP contribution in [0.3, 0.4) is 0 Å². The van der Waals surface area contributed by atoms with Crippen LogP contribution in [0.4, 0.5) is 4.39 Å². The van der Waals surface area contributed by atoms with E-state index in [4.69, 9.17) is 0 Å². The van der Waals surface area contributed by atoms with Crippen molar-refractivity contribution in [3.8, 4) is 11.4 Å². The van der Waals surface area contributed by atoms with Gasteiger partial charge in [-0.25, -0.2) is 4.39 Å². The van der Waals surface area contributed by atoms with Crippen LogP contribution in [-0.4, -0.2) is 25.9 Å². The lowest BCUT2D eigenvalue weighted by Crippen LogP contribution is -2.09. The molecule has 0 N–H and O–H groups in total. The monoisotopic (exact) mass is 260 g/mol. The second kappa shape index (κ2) is 4.11. The van der Waals surface area contributed by atoms with Crippen LogP contribution in [0.2, 0.25) is 0 Å². The summed E-state index contributed by atoms with van der Waals surface area (Å²) in [6, 6.07) is 6.08. The van der Waals surface area contributed by atoms with E-state index in [-0.39, 0.29) is 5.92 Å². The molecule has 1 aromatic heterocycles. The van der Waals surface area contributed by atoms with E-state index >= 15 is 0 Å². The van der Waals surface area contributed by atoms with Gasteiger partial charge in [-0.1, -0.05) is 12.1 Å². The Labute approximate surface area is 111 Å². The fraction of sp³-hybridized carbons (Fsp3) is 0.500. The van der Waals surface area contributed by atoms with Gasteiger partial charge in [0.25, 0.3) is 0 Å². The van der Waals surface area contributed by atoms with E-state index in [1.165, 1.54) is 15.9 Å². The molecule has 5 heteroatoms. The number of tetrazole rings is 1. The van der Waals surface area contributed by atoms with Crippen LogP contribution in [0, 0.1) is 19.8 Å². The molecule has 0 saturated heterocycles. The molecular formula is C14H17FN4. The number of benzene rings is 1. The lowest BCUT2D eigenvalue weighted by atomic mass is 10.1. The quantitative estimate of drug-likeness (QED) is 0.852. The van der Waals surface area contributed by atoms with E-state index < -0.39 is 5.67 Å². The number of hydrogen-bond acceptors (Lipinski definition) is 3. The molecule has 1 fully saturated rings. The molecule has 100 valence electrons. The first kappa shape index (κ1) is 12.3. The smallest absolute Gasteiger partial charge is 0.204 e. The summed E-state index contributed by atoms with van der Waals surface area (Å²) in [6.07, 6.45) is 0.591. The molecule has 1 aliphatic carbocycles. The molecule has 1 aliphatic rings. The number of nitrogens with zero attached hydrogens (tertiary/aromatic N) is 4. The average Bonchev–Trinajstić information content (AvgIpc) is 2.76. The van der Waals surface area contributed by atoms with Gasteiger partial charge in [-0.05, 0) is 49.6 Å². The summed E-state index contributed by atoms with van der Waals surface area (Å²) in [4.78, 5) is 1.50. The maximum Gasteiger partial charge on any atom is 0.204 e. The molecule has 0 spiro atoms. The van der Waals surface area contributed by atoms with Gasteiger partial charge in [0.05, 0.1) is 6.54 Å². The highest BCUT2D eigenvalue weighted by Crippen LogP contribution is 2.47. The Morgan fingerprint density at radius 1 is 1.37 bits per heavy atom. The maximum absolute atomic E-state index is 13.5. The highest BCUT2D eigenvalue weighted by Gasteiger charge is 2.51. The van der Waals surface area contributed by atoms with Gasteiger partial charge >= 0.3 is 0 Å². The number of halogens is 1. The number of aromatic nitrogens is 4. The Balaban J connectivity index is 1.79. The van der Waals surface area contributed by atoms with Crippen molar-refractivity contribution < 1.29 is 4.39 Å². The summed E-state index contributed by atoms with van der Waals surface area (Å²) in [6.45, 7) is 6.25. The Kier molecular flexibility index (Phi) is 2.66. The Morgan fingerprint density at radius 2 is 2.11 bits per heavy atom. The first-order chi connectivity index (χ1) is 8.95. The lowest BCUT2D eigenvalue weighted by Gasteiger charge is -2.01. The highest BCUT2D eigenvalue weighted by molar-refractivity contribution is 5.56. The van der Waals surface area contributed by atoms with E-state index in [0.717, 1.165) is 5.56 Å². The fourth-order valence-electron chi connectivity index (χ4n) is 2.19. The van der Waals surface area contributed by atoms with E-state index in [2.05, 4.69) is 29.3 Å². The first-order valence-electron chi connectivity index (χ1n) is 6.50. The zero-order chi connectivity index (χ0) is 13.6. The lowest BCUT2D eigenvalue weighted by molar-refractivity contribution is 0.288. The minimum atomic E-state index is -1.05. The van der Waals surface area contributed by atoms with Crippen LogP contribution in [0.15, 0.2) is 18.2 Å². The molecule has 0 aliphatic heterocycles. The van der Waals surface area contributed by atoms with E-state index in [0.29, 0.717) is 18.8 Å². The van der Waals surface area contributed by atoms with Crippen molar-refractivity contribution in [2.45, 2.75) is 39.4 Å². The second-order valence-corrected chi connectivity index (χ2v) is 5.65. The topological polar surface area (TPSA) is 43.6 Å². The first-order valence-corrected chi connectivity index (χ1v) is 6.50. The van der Waals surface area contributed by atoms with Gasteiger partial charge in [0.1, 0.15) is 5.67 Å².